The molecule has 2 atom stereocenters. The molecule has 1 saturated heterocycles. The Bertz CT molecular complexity index is 1000. The molecule has 2 fully saturated rings. The van der Waals surface area contributed by atoms with Gasteiger partial charge in [-0.05, 0) is 30.5 Å². The Morgan fingerprint density at radius 3 is 2.73 bits per heavy atom. The van der Waals surface area contributed by atoms with E-state index >= 15 is 0 Å². The van der Waals surface area contributed by atoms with Crippen LogP contribution in [0, 0.1) is 0 Å². The maximum absolute atomic E-state index is 9.79. The van der Waals surface area contributed by atoms with Crippen LogP contribution in [0.1, 0.15) is 24.6 Å². The Hall–Kier alpha value is -2.75. The number of rotatable bonds is 7. The van der Waals surface area contributed by atoms with Crippen LogP contribution in [0.15, 0.2) is 36.9 Å². The van der Waals surface area contributed by atoms with E-state index in [1.165, 1.54) is 5.56 Å². The van der Waals surface area contributed by atoms with Gasteiger partial charge in [0.15, 0.2) is 17.0 Å². The zero-order chi connectivity index (χ0) is 20.5. The summed E-state index contributed by atoms with van der Waals surface area (Å²) in [5.74, 6) is 1.61. The molecule has 30 heavy (non-hydrogen) atoms. The molecular formula is C21H26N6O3. The van der Waals surface area contributed by atoms with Crippen molar-refractivity contribution in [3.05, 3.63) is 42.5 Å². The van der Waals surface area contributed by atoms with Crippen molar-refractivity contribution >= 4 is 17.0 Å². The van der Waals surface area contributed by atoms with Gasteiger partial charge in [-0.3, -0.25) is 9.47 Å². The molecule has 1 aliphatic heterocycles. The molecule has 1 aromatic carbocycles. The highest BCUT2D eigenvalue weighted by molar-refractivity contribution is 5.83. The van der Waals surface area contributed by atoms with Gasteiger partial charge in [0.05, 0.1) is 26.1 Å². The Labute approximate surface area is 174 Å². The lowest BCUT2D eigenvalue weighted by atomic mass is 10.1. The first-order valence-corrected chi connectivity index (χ1v) is 10.3. The number of aliphatic hydroxyl groups excluding tert-OH is 1. The van der Waals surface area contributed by atoms with Crippen molar-refractivity contribution in [1.82, 2.24) is 24.4 Å². The zero-order valence-electron chi connectivity index (χ0n) is 16.9. The fourth-order valence-electron chi connectivity index (χ4n) is 3.85. The van der Waals surface area contributed by atoms with Crippen molar-refractivity contribution in [2.75, 3.05) is 32.1 Å². The van der Waals surface area contributed by atoms with E-state index in [4.69, 9.17) is 9.47 Å². The van der Waals surface area contributed by atoms with Gasteiger partial charge in [0.1, 0.15) is 18.3 Å². The van der Waals surface area contributed by atoms with Crippen LogP contribution in [0.4, 0.5) is 5.82 Å². The molecular weight excluding hydrogens is 384 g/mol. The number of hydrogen-bond acceptors (Lipinski definition) is 8. The first kappa shape index (κ1) is 19.2. The lowest BCUT2D eigenvalue weighted by molar-refractivity contribution is -0.135. The van der Waals surface area contributed by atoms with Crippen LogP contribution in [-0.2, 0) is 11.3 Å². The summed E-state index contributed by atoms with van der Waals surface area (Å²) >= 11 is 0. The molecule has 1 saturated carbocycles. The van der Waals surface area contributed by atoms with Gasteiger partial charge in [0.2, 0.25) is 0 Å². The summed E-state index contributed by atoms with van der Waals surface area (Å²) in [6.07, 6.45) is 5.08. The number of hydrogen-bond donors (Lipinski definition) is 2. The normalized spacial score (nSPS) is 22.3. The highest BCUT2D eigenvalue weighted by Crippen LogP contribution is 2.29. The van der Waals surface area contributed by atoms with Crippen LogP contribution < -0.4 is 10.1 Å². The Balaban J connectivity index is 1.37. The van der Waals surface area contributed by atoms with Gasteiger partial charge in [0, 0.05) is 25.7 Å². The minimum absolute atomic E-state index is 0.0360. The van der Waals surface area contributed by atoms with Crippen LogP contribution in [-0.4, -0.2) is 68.5 Å². The van der Waals surface area contributed by atoms with Crippen molar-refractivity contribution in [2.24, 2.45) is 0 Å². The van der Waals surface area contributed by atoms with E-state index in [1.807, 2.05) is 16.7 Å². The first-order valence-electron chi connectivity index (χ1n) is 10.3. The fourth-order valence-corrected chi connectivity index (χ4v) is 3.85. The topological polar surface area (TPSA) is 97.6 Å². The molecule has 158 valence electrons. The number of nitrogens with one attached hydrogen (secondary N) is 1. The number of aromatic nitrogens is 4. The number of imidazole rings is 1. The number of anilines is 1. The molecule has 5 rings (SSSR count). The number of morpholine rings is 1. The monoisotopic (exact) mass is 410 g/mol. The minimum atomic E-state index is -0.289. The van der Waals surface area contributed by atoms with E-state index in [2.05, 4.69) is 37.3 Å². The molecule has 0 bridgehead atoms. The summed E-state index contributed by atoms with van der Waals surface area (Å²) in [7, 11) is 1.66. The number of aliphatic hydroxyl groups is 1. The van der Waals surface area contributed by atoms with Crippen LogP contribution in [0.25, 0.3) is 11.2 Å². The molecule has 0 radical (unpaired) electrons. The first-order chi connectivity index (χ1) is 14.7. The van der Waals surface area contributed by atoms with Crippen LogP contribution >= 0.6 is 0 Å². The van der Waals surface area contributed by atoms with E-state index in [9.17, 15) is 5.11 Å². The average Bonchev–Trinajstić information content (AvgIpc) is 3.49. The predicted octanol–water partition coefficient (Wildman–Crippen LogP) is 1.80. The highest BCUT2D eigenvalue weighted by Gasteiger charge is 2.30. The van der Waals surface area contributed by atoms with Gasteiger partial charge >= 0.3 is 0 Å². The third-order valence-electron chi connectivity index (χ3n) is 5.58. The quantitative estimate of drug-likeness (QED) is 0.609. The third kappa shape index (κ3) is 3.96. The highest BCUT2D eigenvalue weighted by atomic mass is 16.5. The van der Waals surface area contributed by atoms with Crippen molar-refractivity contribution in [3.63, 3.8) is 0 Å². The van der Waals surface area contributed by atoms with Crippen LogP contribution in [0.3, 0.4) is 0 Å². The van der Waals surface area contributed by atoms with Crippen molar-refractivity contribution < 1.29 is 14.6 Å². The molecule has 9 nitrogen and oxygen atoms in total. The molecule has 0 spiro atoms. The molecule has 9 heteroatoms. The lowest BCUT2D eigenvalue weighted by Gasteiger charge is -2.37. The third-order valence-corrected chi connectivity index (χ3v) is 5.58. The van der Waals surface area contributed by atoms with Gasteiger partial charge in [-0.1, -0.05) is 12.1 Å². The molecule has 2 N–H and O–H groups in total. The molecule has 1 aliphatic carbocycles. The van der Waals surface area contributed by atoms with E-state index in [-0.39, 0.29) is 18.9 Å². The van der Waals surface area contributed by atoms with Gasteiger partial charge in [0.25, 0.3) is 0 Å². The number of nitrogens with zero attached hydrogens (tertiary/aromatic N) is 5. The Morgan fingerprint density at radius 1 is 1.17 bits per heavy atom. The molecule has 2 aliphatic rings. The van der Waals surface area contributed by atoms with Crippen molar-refractivity contribution in [2.45, 2.75) is 37.8 Å². The van der Waals surface area contributed by atoms with Crippen molar-refractivity contribution in [1.29, 1.82) is 0 Å². The largest absolute Gasteiger partial charge is 0.497 e. The summed E-state index contributed by atoms with van der Waals surface area (Å²) < 4.78 is 13.3. The lowest BCUT2D eigenvalue weighted by Crippen LogP contribution is -2.46. The molecule has 3 heterocycles. The maximum Gasteiger partial charge on any atom is 0.167 e. The zero-order valence-corrected chi connectivity index (χ0v) is 16.9. The van der Waals surface area contributed by atoms with Gasteiger partial charge in [-0.25, -0.2) is 15.0 Å². The van der Waals surface area contributed by atoms with E-state index in [0.717, 1.165) is 42.1 Å². The van der Waals surface area contributed by atoms with E-state index < -0.39 is 0 Å². The second kappa shape index (κ2) is 8.17. The predicted molar refractivity (Wildman–Crippen MR) is 111 cm³/mol. The second-order valence-electron chi connectivity index (χ2n) is 7.90. The summed E-state index contributed by atoms with van der Waals surface area (Å²) in [6, 6.07) is 8.54. The van der Waals surface area contributed by atoms with E-state index in [1.54, 1.807) is 19.8 Å². The van der Waals surface area contributed by atoms with Crippen LogP contribution in [0.2, 0.25) is 0 Å². The van der Waals surface area contributed by atoms with Gasteiger partial charge in [-0.15, -0.1) is 0 Å². The smallest absolute Gasteiger partial charge is 0.167 e. The fraction of sp³-hybridized carbons (Fsp3) is 0.476. The average molecular weight is 410 g/mol. The van der Waals surface area contributed by atoms with E-state index in [0.29, 0.717) is 19.1 Å². The molecule has 2 aromatic heterocycles. The molecule has 3 aromatic rings. The molecule has 0 unspecified atom stereocenters. The summed E-state index contributed by atoms with van der Waals surface area (Å²) in [5, 5.41) is 13.2. The Kier molecular flexibility index (Phi) is 5.24. The Morgan fingerprint density at radius 2 is 2.00 bits per heavy atom. The summed E-state index contributed by atoms with van der Waals surface area (Å²) in [6.45, 7) is 2.06. The number of ether oxygens (including phenoxy) is 2. The summed E-state index contributed by atoms with van der Waals surface area (Å²) in [4.78, 5) is 15.7. The number of benzene rings is 1. The van der Waals surface area contributed by atoms with Crippen molar-refractivity contribution in [3.8, 4) is 5.75 Å². The van der Waals surface area contributed by atoms with Gasteiger partial charge < -0.3 is 19.9 Å². The molecule has 0 amide bonds. The second-order valence-corrected chi connectivity index (χ2v) is 7.90. The minimum Gasteiger partial charge on any atom is -0.497 e. The standard InChI is InChI=1S/C21H26N6O3/c1-29-16-6-2-14(3-7-16)8-26-9-17(11-28)30-18(10-26)27-13-24-19-20(25-15-4-5-15)22-12-23-21(19)27/h2-3,6-7,12-13,15,17-18,28H,4-5,8-11H2,1H3,(H,22,23,25)/t17-,18+/m0/s1. The van der Waals surface area contributed by atoms with Crippen LogP contribution in [0.5, 0.6) is 5.75 Å². The maximum atomic E-state index is 9.79. The number of methoxy groups -OCH3 is 1. The SMILES string of the molecule is COc1ccc(CN2C[C@@H](CO)O[C@@H](n3cnc4c(NC5CC5)ncnc43)C2)cc1. The number of fused-ring (bicyclic) bond motifs is 1. The summed E-state index contributed by atoms with van der Waals surface area (Å²) in [5.41, 5.74) is 2.67. The van der Waals surface area contributed by atoms with Gasteiger partial charge in [-0.2, -0.15) is 0 Å².